The lowest BCUT2D eigenvalue weighted by atomic mass is 10.2. The van der Waals surface area contributed by atoms with Gasteiger partial charge in [-0.1, -0.05) is 38.5 Å². The smallest absolute Gasteiger partial charge is 0.261 e. The molecule has 0 bridgehead atoms. The van der Waals surface area contributed by atoms with Gasteiger partial charge >= 0.3 is 0 Å². The SMILES string of the molecule is CCCCNC(=O)c1cccc(NC(=S)NC(=O)c2ccccc2OCCC)c1. The number of carbonyl (C=O) groups excluding carboxylic acids is 2. The molecule has 7 heteroatoms. The van der Waals surface area contributed by atoms with Gasteiger partial charge in [0.25, 0.3) is 11.8 Å². The normalized spacial score (nSPS) is 10.1. The minimum Gasteiger partial charge on any atom is -0.493 e. The fourth-order valence-corrected chi connectivity index (χ4v) is 2.75. The van der Waals surface area contributed by atoms with Gasteiger partial charge in [-0.25, -0.2) is 0 Å². The Bertz CT molecular complexity index is 855. The van der Waals surface area contributed by atoms with Crippen molar-refractivity contribution in [3.05, 3.63) is 59.7 Å². The van der Waals surface area contributed by atoms with Gasteiger partial charge in [0.2, 0.25) is 0 Å². The molecule has 0 radical (unpaired) electrons. The predicted octanol–water partition coefficient (Wildman–Crippen LogP) is 4.13. The van der Waals surface area contributed by atoms with Crippen LogP contribution in [-0.4, -0.2) is 30.1 Å². The van der Waals surface area contributed by atoms with E-state index < -0.39 is 0 Å². The van der Waals surface area contributed by atoms with Crippen LogP contribution in [0.4, 0.5) is 5.69 Å². The number of para-hydroxylation sites is 1. The highest BCUT2D eigenvalue weighted by molar-refractivity contribution is 7.80. The molecule has 0 fully saturated rings. The maximum Gasteiger partial charge on any atom is 0.261 e. The summed E-state index contributed by atoms with van der Waals surface area (Å²) < 4.78 is 5.62. The van der Waals surface area contributed by atoms with E-state index in [9.17, 15) is 9.59 Å². The van der Waals surface area contributed by atoms with E-state index in [1.54, 1.807) is 42.5 Å². The van der Waals surface area contributed by atoms with Crippen molar-refractivity contribution in [2.75, 3.05) is 18.5 Å². The summed E-state index contributed by atoms with van der Waals surface area (Å²) in [7, 11) is 0. The number of nitrogens with one attached hydrogen (secondary N) is 3. The Balaban J connectivity index is 1.98. The average molecular weight is 414 g/mol. The number of hydrogen-bond donors (Lipinski definition) is 3. The van der Waals surface area contributed by atoms with Crippen molar-refractivity contribution in [3.63, 3.8) is 0 Å². The van der Waals surface area contributed by atoms with Gasteiger partial charge in [0.05, 0.1) is 12.2 Å². The summed E-state index contributed by atoms with van der Waals surface area (Å²) in [6.07, 6.45) is 2.80. The topological polar surface area (TPSA) is 79.5 Å². The fourth-order valence-electron chi connectivity index (χ4n) is 2.54. The van der Waals surface area contributed by atoms with Crippen LogP contribution in [0.25, 0.3) is 0 Å². The summed E-state index contributed by atoms with van der Waals surface area (Å²) in [5, 5.41) is 8.62. The van der Waals surface area contributed by atoms with Gasteiger partial charge < -0.3 is 15.4 Å². The van der Waals surface area contributed by atoms with Crippen LogP contribution in [0, 0.1) is 0 Å². The van der Waals surface area contributed by atoms with Crippen LogP contribution in [0.5, 0.6) is 5.75 Å². The zero-order chi connectivity index (χ0) is 21.1. The maximum atomic E-state index is 12.6. The molecule has 6 nitrogen and oxygen atoms in total. The summed E-state index contributed by atoms with van der Waals surface area (Å²) in [6, 6.07) is 14.0. The zero-order valence-electron chi connectivity index (χ0n) is 16.8. The summed E-state index contributed by atoms with van der Waals surface area (Å²) in [6.45, 7) is 5.24. The molecule has 0 aliphatic heterocycles. The summed E-state index contributed by atoms with van der Waals surface area (Å²) in [5.41, 5.74) is 1.56. The first-order valence-corrected chi connectivity index (χ1v) is 10.2. The second kappa shape index (κ2) is 11.8. The van der Waals surface area contributed by atoms with Crippen LogP contribution in [0.2, 0.25) is 0 Å². The van der Waals surface area contributed by atoms with Crippen molar-refractivity contribution in [3.8, 4) is 5.75 Å². The lowest BCUT2D eigenvalue weighted by Gasteiger charge is -2.13. The van der Waals surface area contributed by atoms with Gasteiger partial charge in [-0.3, -0.25) is 14.9 Å². The molecule has 154 valence electrons. The van der Waals surface area contributed by atoms with Crippen molar-refractivity contribution < 1.29 is 14.3 Å². The van der Waals surface area contributed by atoms with Crippen LogP contribution in [0.15, 0.2) is 48.5 Å². The molecule has 2 aromatic rings. The molecule has 0 heterocycles. The molecule has 2 rings (SSSR count). The lowest BCUT2D eigenvalue weighted by Crippen LogP contribution is -2.34. The molecule has 0 aliphatic carbocycles. The lowest BCUT2D eigenvalue weighted by molar-refractivity contribution is 0.0950. The van der Waals surface area contributed by atoms with E-state index in [2.05, 4.69) is 22.9 Å². The molecule has 2 aromatic carbocycles. The number of amides is 2. The molecule has 3 N–H and O–H groups in total. The van der Waals surface area contributed by atoms with E-state index in [1.165, 1.54) is 0 Å². The molecule has 0 unspecified atom stereocenters. The molecular formula is C22H27N3O3S. The van der Waals surface area contributed by atoms with Crippen molar-refractivity contribution in [2.24, 2.45) is 0 Å². The van der Waals surface area contributed by atoms with Crippen LogP contribution < -0.4 is 20.7 Å². The Morgan fingerprint density at radius 3 is 2.55 bits per heavy atom. The predicted molar refractivity (Wildman–Crippen MR) is 120 cm³/mol. The Morgan fingerprint density at radius 1 is 1.00 bits per heavy atom. The number of ether oxygens (including phenoxy) is 1. The number of unbranched alkanes of at least 4 members (excludes halogenated alkanes) is 1. The number of rotatable bonds is 9. The average Bonchev–Trinajstić information content (AvgIpc) is 2.72. The summed E-state index contributed by atoms with van der Waals surface area (Å²) >= 11 is 5.25. The highest BCUT2D eigenvalue weighted by Gasteiger charge is 2.14. The monoisotopic (exact) mass is 413 g/mol. The van der Waals surface area contributed by atoms with E-state index in [0.717, 1.165) is 19.3 Å². The van der Waals surface area contributed by atoms with Crippen LogP contribution in [0.3, 0.4) is 0 Å². The Morgan fingerprint density at radius 2 is 1.79 bits per heavy atom. The number of thiocarbonyl (C=S) groups is 1. The molecule has 0 aromatic heterocycles. The maximum absolute atomic E-state index is 12.6. The van der Waals surface area contributed by atoms with Gasteiger partial charge in [0.15, 0.2) is 5.11 Å². The molecule has 2 amide bonds. The van der Waals surface area contributed by atoms with Gasteiger partial charge in [0.1, 0.15) is 5.75 Å². The minimum atomic E-state index is -0.359. The van der Waals surface area contributed by atoms with Crippen molar-refractivity contribution in [1.29, 1.82) is 0 Å². The molecule has 0 spiro atoms. The Kier molecular flexibility index (Phi) is 9.11. The third kappa shape index (κ3) is 7.19. The van der Waals surface area contributed by atoms with Gasteiger partial charge in [0, 0.05) is 17.8 Å². The largest absolute Gasteiger partial charge is 0.493 e. The summed E-state index contributed by atoms with van der Waals surface area (Å²) in [4.78, 5) is 24.8. The van der Waals surface area contributed by atoms with E-state index >= 15 is 0 Å². The number of carbonyl (C=O) groups is 2. The standard InChI is InChI=1S/C22H27N3O3S/c1-3-5-13-23-20(26)16-9-8-10-17(15-16)24-22(29)25-21(27)18-11-6-7-12-19(18)28-14-4-2/h6-12,15H,3-5,13-14H2,1-2H3,(H,23,26)(H2,24,25,27,29). The number of benzene rings is 2. The van der Waals surface area contributed by atoms with Crippen molar-refractivity contribution >= 4 is 34.8 Å². The van der Waals surface area contributed by atoms with Crippen LogP contribution >= 0.6 is 12.2 Å². The molecule has 0 saturated heterocycles. The first-order chi connectivity index (χ1) is 14.0. The first-order valence-electron chi connectivity index (χ1n) is 9.77. The summed E-state index contributed by atoms with van der Waals surface area (Å²) in [5.74, 6) is 0.0159. The van der Waals surface area contributed by atoms with Crippen molar-refractivity contribution in [2.45, 2.75) is 33.1 Å². The zero-order valence-corrected chi connectivity index (χ0v) is 17.6. The number of hydrogen-bond acceptors (Lipinski definition) is 4. The van der Waals surface area contributed by atoms with E-state index in [0.29, 0.717) is 35.7 Å². The van der Waals surface area contributed by atoms with E-state index in [-0.39, 0.29) is 16.9 Å². The third-order valence-corrected chi connectivity index (χ3v) is 4.22. The van der Waals surface area contributed by atoms with E-state index in [1.807, 2.05) is 13.0 Å². The van der Waals surface area contributed by atoms with Gasteiger partial charge in [-0.05, 0) is 55.4 Å². The van der Waals surface area contributed by atoms with E-state index in [4.69, 9.17) is 17.0 Å². The second-order valence-corrected chi connectivity index (χ2v) is 6.85. The molecule has 0 saturated carbocycles. The van der Waals surface area contributed by atoms with Crippen LogP contribution in [-0.2, 0) is 0 Å². The Hall–Kier alpha value is -2.93. The minimum absolute atomic E-state index is 0.140. The highest BCUT2D eigenvalue weighted by Crippen LogP contribution is 2.18. The number of anilines is 1. The quantitative estimate of drug-likeness (QED) is 0.425. The fraction of sp³-hybridized carbons (Fsp3) is 0.318. The second-order valence-electron chi connectivity index (χ2n) is 6.44. The molecule has 29 heavy (non-hydrogen) atoms. The van der Waals surface area contributed by atoms with Crippen molar-refractivity contribution in [1.82, 2.24) is 10.6 Å². The first kappa shape index (κ1) is 22.4. The third-order valence-electron chi connectivity index (χ3n) is 4.02. The molecule has 0 aliphatic rings. The highest BCUT2D eigenvalue weighted by atomic mass is 32.1. The van der Waals surface area contributed by atoms with Gasteiger partial charge in [-0.15, -0.1) is 0 Å². The molecule has 0 atom stereocenters. The Labute approximate surface area is 177 Å². The van der Waals surface area contributed by atoms with Crippen LogP contribution in [0.1, 0.15) is 53.8 Å². The molecular weight excluding hydrogens is 386 g/mol. The van der Waals surface area contributed by atoms with Gasteiger partial charge in [-0.2, -0.15) is 0 Å².